The van der Waals surface area contributed by atoms with Crippen LogP contribution in [-0.4, -0.2) is 38.6 Å². The van der Waals surface area contributed by atoms with Crippen LogP contribution in [0.25, 0.3) is 0 Å². The molecule has 1 rings (SSSR count). The van der Waals surface area contributed by atoms with E-state index in [0.717, 1.165) is 26.2 Å². The van der Waals surface area contributed by atoms with Gasteiger partial charge in [0.15, 0.2) is 7.98 Å². The van der Waals surface area contributed by atoms with E-state index in [0.29, 0.717) is 6.04 Å². The van der Waals surface area contributed by atoms with Crippen LogP contribution < -0.4 is 0 Å². The molecule has 0 aromatic carbocycles. The van der Waals surface area contributed by atoms with E-state index < -0.39 is 0 Å². The molecule has 9 heavy (non-hydrogen) atoms. The maximum Gasteiger partial charge on any atom is 0.182 e. The first-order valence-electron chi connectivity index (χ1n) is 3.40. The Morgan fingerprint density at radius 3 is 3.22 bits per heavy atom. The second-order valence-electron chi connectivity index (χ2n) is 2.52. The highest BCUT2D eigenvalue weighted by molar-refractivity contribution is 6.04. The molecular formula is C6H12BNO. The van der Waals surface area contributed by atoms with E-state index in [9.17, 15) is 0 Å². The molecule has 0 spiro atoms. The highest BCUT2D eigenvalue weighted by Gasteiger charge is 2.11. The van der Waals surface area contributed by atoms with E-state index in [-0.39, 0.29) is 0 Å². The summed E-state index contributed by atoms with van der Waals surface area (Å²) in [5.74, 6) is 0. The van der Waals surface area contributed by atoms with Crippen LogP contribution in [0, 0.1) is 0 Å². The number of hydrogen-bond acceptors (Lipinski definition) is 2. The summed E-state index contributed by atoms with van der Waals surface area (Å²) in [5, 5.41) is 0. The van der Waals surface area contributed by atoms with Crippen LogP contribution in [-0.2, 0) is 4.74 Å². The van der Waals surface area contributed by atoms with Gasteiger partial charge in [-0.05, 0) is 19.9 Å². The second kappa shape index (κ2) is 3.23. The van der Waals surface area contributed by atoms with Crippen LogP contribution in [0.3, 0.4) is 0 Å². The van der Waals surface area contributed by atoms with Crippen molar-refractivity contribution in [3.05, 3.63) is 0 Å². The highest BCUT2D eigenvalue weighted by Crippen LogP contribution is 2.01. The summed E-state index contributed by atoms with van der Waals surface area (Å²) < 4.78 is 5.26. The molecule has 1 fully saturated rings. The minimum atomic E-state index is 0.382. The summed E-state index contributed by atoms with van der Waals surface area (Å²) in [4.78, 5) is 1.84. The largest absolute Gasteiger partial charge is 0.380 e. The van der Waals surface area contributed by atoms with Crippen LogP contribution in [0.2, 0.25) is 0 Å². The predicted molar refractivity (Wildman–Crippen MR) is 37.4 cm³/mol. The van der Waals surface area contributed by atoms with Crippen molar-refractivity contribution in [3.8, 4) is 0 Å². The van der Waals surface area contributed by atoms with Crippen molar-refractivity contribution in [1.29, 1.82) is 0 Å². The fourth-order valence-corrected chi connectivity index (χ4v) is 0.919. The summed E-state index contributed by atoms with van der Waals surface area (Å²) in [5.41, 5.74) is 0. The van der Waals surface area contributed by atoms with Gasteiger partial charge in [0, 0.05) is 12.6 Å². The fraction of sp³-hybridized carbons (Fsp3) is 1.00. The second-order valence-corrected chi connectivity index (χ2v) is 2.52. The topological polar surface area (TPSA) is 12.5 Å². The third-order valence-corrected chi connectivity index (χ3v) is 1.63. The van der Waals surface area contributed by atoms with Gasteiger partial charge in [0.25, 0.3) is 0 Å². The molecule has 2 radical (unpaired) electrons. The average Bonchev–Trinajstić information content (AvgIpc) is 1.99. The maximum atomic E-state index is 5.63. The van der Waals surface area contributed by atoms with Gasteiger partial charge in [0.1, 0.15) is 0 Å². The van der Waals surface area contributed by atoms with E-state index >= 15 is 0 Å². The predicted octanol–water partition coefficient (Wildman–Crippen LogP) is 0.181. The number of ether oxygens (including phenoxy) is 1. The number of nitrogens with zero attached hydrogens (tertiary/aromatic N) is 1. The first-order valence-corrected chi connectivity index (χ1v) is 3.40. The molecule has 0 aliphatic carbocycles. The average molecular weight is 125 g/mol. The Hall–Kier alpha value is -0.0151. The van der Waals surface area contributed by atoms with Crippen molar-refractivity contribution >= 4 is 7.98 Å². The van der Waals surface area contributed by atoms with Gasteiger partial charge in [-0.2, -0.15) is 0 Å². The van der Waals surface area contributed by atoms with Crippen LogP contribution in [0.4, 0.5) is 0 Å². The van der Waals surface area contributed by atoms with Crippen molar-refractivity contribution in [2.45, 2.75) is 19.4 Å². The SMILES string of the molecule is [B]N1CCCOC[C@H]1C. The molecule has 0 aromatic rings. The Balaban J connectivity index is 2.32. The van der Waals surface area contributed by atoms with Gasteiger partial charge in [0.05, 0.1) is 6.61 Å². The summed E-state index contributed by atoms with van der Waals surface area (Å²) in [7, 11) is 5.63. The molecular weight excluding hydrogens is 113 g/mol. The number of hydrogen-bond donors (Lipinski definition) is 0. The maximum absolute atomic E-state index is 5.63. The van der Waals surface area contributed by atoms with E-state index in [4.69, 9.17) is 12.7 Å². The van der Waals surface area contributed by atoms with Crippen LogP contribution >= 0.6 is 0 Å². The zero-order valence-electron chi connectivity index (χ0n) is 5.84. The van der Waals surface area contributed by atoms with Crippen molar-refractivity contribution in [3.63, 3.8) is 0 Å². The molecule has 1 saturated heterocycles. The molecule has 0 saturated carbocycles. The summed E-state index contributed by atoms with van der Waals surface area (Å²) in [6, 6.07) is 0.382. The molecule has 1 aliphatic rings. The minimum Gasteiger partial charge on any atom is -0.380 e. The summed E-state index contributed by atoms with van der Waals surface area (Å²) in [6.45, 7) is 4.67. The molecule has 1 aliphatic heterocycles. The lowest BCUT2D eigenvalue weighted by atomic mass is 10.2. The smallest absolute Gasteiger partial charge is 0.182 e. The molecule has 50 valence electrons. The fourth-order valence-electron chi connectivity index (χ4n) is 0.919. The molecule has 1 heterocycles. The van der Waals surface area contributed by atoms with E-state index in [1.807, 2.05) is 4.81 Å². The van der Waals surface area contributed by atoms with Gasteiger partial charge < -0.3 is 9.55 Å². The third kappa shape index (κ3) is 1.99. The Morgan fingerprint density at radius 2 is 2.44 bits per heavy atom. The molecule has 0 aromatic heterocycles. The normalized spacial score (nSPS) is 31.9. The van der Waals surface area contributed by atoms with Crippen LogP contribution in [0.5, 0.6) is 0 Å². The van der Waals surface area contributed by atoms with Crippen molar-refractivity contribution in [2.75, 3.05) is 19.8 Å². The highest BCUT2D eigenvalue weighted by atomic mass is 16.5. The Kier molecular flexibility index (Phi) is 2.55. The van der Waals surface area contributed by atoms with E-state index in [1.54, 1.807) is 0 Å². The van der Waals surface area contributed by atoms with Gasteiger partial charge in [-0.25, -0.2) is 0 Å². The van der Waals surface area contributed by atoms with E-state index in [1.165, 1.54) is 0 Å². The Bertz CT molecular complexity index is 79.1. The zero-order chi connectivity index (χ0) is 6.69. The molecule has 0 N–H and O–H groups in total. The van der Waals surface area contributed by atoms with Crippen LogP contribution in [0.1, 0.15) is 13.3 Å². The molecule has 0 bridgehead atoms. The summed E-state index contributed by atoms with van der Waals surface area (Å²) >= 11 is 0. The lowest BCUT2D eigenvalue weighted by Gasteiger charge is -2.20. The number of rotatable bonds is 0. The standard InChI is InChI=1S/C6H12BNO/c1-6-5-9-4-2-3-8(6)7/h6H,2-5H2,1H3/t6-/m1/s1. The van der Waals surface area contributed by atoms with Gasteiger partial charge >= 0.3 is 0 Å². The van der Waals surface area contributed by atoms with Gasteiger partial charge in [-0.1, -0.05) is 0 Å². The van der Waals surface area contributed by atoms with Gasteiger partial charge in [-0.15, -0.1) is 0 Å². The van der Waals surface area contributed by atoms with Crippen molar-refractivity contribution < 1.29 is 4.74 Å². The van der Waals surface area contributed by atoms with Crippen molar-refractivity contribution in [2.24, 2.45) is 0 Å². The lowest BCUT2D eigenvalue weighted by Crippen LogP contribution is -2.32. The molecule has 2 nitrogen and oxygen atoms in total. The summed E-state index contributed by atoms with van der Waals surface area (Å²) in [6.07, 6.45) is 1.06. The van der Waals surface area contributed by atoms with E-state index in [2.05, 4.69) is 6.92 Å². The first kappa shape index (κ1) is 7.10. The quantitative estimate of drug-likeness (QED) is 0.428. The first-order chi connectivity index (χ1) is 4.30. The Morgan fingerprint density at radius 1 is 1.67 bits per heavy atom. The van der Waals surface area contributed by atoms with Gasteiger partial charge in [-0.3, -0.25) is 0 Å². The molecule has 0 amide bonds. The molecule has 3 heteroatoms. The van der Waals surface area contributed by atoms with Crippen LogP contribution in [0.15, 0.2) is 0 Å². The third-order valence-electron chi connectivity index (χ3n) is 1.63. The lowest BCUT2D eigenvalue weighted by molar-refractivity contribution is 0.126. The monoisotopic (exact) mass is 125 g/mol. The molecule has 1 atom stereocenters. The van der Waals surface area contributed by atoms with Gasteiger partial charge in [0.2, 0.25) is 0 Å². The molecule has 0 unspecified atom stereocenters. The Labute approximate surface area is 57.6 Å². The van der Waals surface area contributed by atoms with Crippen molar-refractivity contribution in [1.82, 2.24) is 4.81 Å². The zero-order valence-corrected chi connectivity index (χ0v) is 5.84. The minimum absolute atomic E-state index is 0.382.